The van der Waals surface area contributed by atoms with Crippen LogP contribution in [0, 0.1) is 0 Å². The second kappa shape index (κ2) is 5.87. The van der Waals surface area contributed by atoms with Crippen LogP contribution in [0.5, 0.6) is 0 Å². The lowest BCUT2D eigenvalue weighted by atomic mass is 9.88. The van der Waals surface area contributed by atoms with Crippen molar-refractivity contribution in [3.8, 4) is 0 Å². The van der Waals surface area contributed by atoms with Crippen molar-refractivity contribution in [3.05, 3.63) is 29.8 Å². The Morgan fingerprint density at radius 3 is 2.28 bits per heavy atom. The summed E-state index contributed by atoms with van der Waals surface area (Å²) in [6, 6.07) is 7.99. The molecule has 1 unspecified atom stereocenters. The molecule has 0 radical (unpaired) electrons. The molecule has 0 aliphatic rings. The van der Waals surface area contributed by atoms with Crippen molar-refractivity contribution in [2.75, 3.05) is 25.5 Å². The van der Waals surface area contributed by atoms with Gasteiger partial charge in [-0.15, -0.1) is 0 Å². The van der Waals surface area contributed by atoms with Gasteiger partial charge in [0.2, 0.25) is 0 Å². The standard InChI is InChI=1S/C14H22N2O2/c1-5-15-14(2,10-13(17)18)11-6-8-12(9-7-11)16(3)4/h6-9,15H,5,10H2,1-4H3,(H,17,18). The van der Waals surface area contributed by atoms with Gasteiger partial charge in [-0.05, 0) is 31.2 Å². The molecule has 0 saturated heterocycles. The largest absolute Gasteiger partial charge is 0.481 e. The van der Waals surface area contributed by atoms with Gasteiger partial charge >= 0.3 is 5.97 Å². The van der Waals surface area contributed by atoms with Gasteiger partial charge in [0.25, 0.3) is 0 Å². The van der Waals surface area contributed by atoms with E-state index in [1.807, 2.05) is 57.1 Å². The van der Waals surface area contributed by atoms with Gasteiger partial charge in [-0.1, -0.05) is 19.1 Å². The Morgan fingerprint density at radius 2 is 1.89 bits per heavy atom. The number of hydrogen-bond donors (Lipinski definition) is 2. The number of nitrogens with one attached hydrogen (secondary N) is 1. The van der Waals surface area contributed by atoms with Crippen LogP contribution in [0.25, 0.3) is 0 Å². The molecule has 100 valence electrons. The maximum absolute atomic E-state index is 11.0. The number of carbonyl (C=O) groups is 1. The van der Waals surface area contributed by atoms with Crippen LogP contribution in [0.1, 0.15) is 25.8 Å². The molecular weight excluding hydrogens is 228 g/mol. The molecule has 4 nitrogen and oxygen atoms in total. The molecule has 1 aromatic rings. The van der Waals surface area contributed by atoms with Gasteiger partial charge in [0.1, 0.15) is 0 Å². The van der Waals surface area contributed by atoms with Crippen LogP contribution in [0.2, 0.25) is 0 Å². The number of rotatable bonds is 6. The number of hydrogen-bond acceptors (Lipinski definition) is 3. The molecule has 0 aliphatic heterocycles. The molecule has 4 heteroatoms. The lowest BCUT2D eigenvalue weighted by Gasteiger charge is -2.30. The monoisotopic (exact) mass is 250 g/mol. The Kier molecular flexibility index (Phi) is 4.73. The van der Waals surface area contributed by atoms with Gasteiger partial charge in [-0.2, -0.15) is 0 Å². The van der Waals surface area contributed by atoms with Crippen LogP contribution in [0.15, 0.2) is 24.3 Å². The van der Waals surface area contributed by atoms with Crippen LogP contribution in [0.3, 0.4) is 0 Å². The average molecular weight is 250 g/mol. The van der Waals surface area contributed by atoms with E-state index in [9.17, 15) is 4.79 Å². The van der Waals surface area contributed by atoms with Crippen molar-refractivity contribution in [1.29, 1.82) is 0 Å². The van der Waals surface area contributed by atoms with E-state index in [4.69, 9.17) is 5.11 Å². The molecule has 0 fully saturated rings. The second-order valence-electron chi connectivity index (χ2n) is 4.87. The Labute approximate surface area is 109 Å². The Hall–Kier alpha value is -1.55. The molecule has 0 amide bonds. The average Bonchev–Trinajstić information content (AvgIpc) is 2.28. The van der Waals surface area contributed by atoms with E-state index in [2.05, 4.69) is 5.32 Å². The summed E-state index contributed by atoms with van der Waals surface area (Å²) in [6.45, 7) is 4.64. The van der Waals surface area contributed by atoms with Gasteiger partial charge in [-0.3, -0.25) is 4.79 Å². The quantitative estimate of drug-likeness (QED) is 0.811. The summed E-state index contributed by atoms with van der Waals surface area (Å²) in [5.41, 5.74) is 1.58. The summed E-state index contributed by atoms with van der Waals surface area (Å²) >= 11 is 0. The van der Waals surface area contributed by atoms with E-state index in [0.717, 1.165) is 17.8 Å². The molecule has 0 heterocycles. The molecule has 2 N–H and O–H groups in total. The number of nitrogens with zero attached hydrogens (tertiary/aromatic N) is 1. The highest BCUT2D eigenvalue weighted by molar-refractivity contribution is 5.69. The third-order valence-electron chi connectivity index (χ3n) is 3.09. The fourth-order valence-electron chi connectivity index (χ4n) is 2.09. The zero-order valence-electron chi connectivity index (χ0n) is 11.5. The minimum Gasteiger partial charge on any atom is -0.481 e. The summed E-state index contributed by atoms with van der Waals surface area (Å²) < 4.78 is 0. The number of aliphatic carboxylic acids is 1. The van der Waals surface area contributed by atoms with Crippen molar-refractivity contribution in [3.63, 3.8) is 0 Å². The molecular formula is C14H22N2O2. The van der Waals surface area contributed by atoms with E-state index in [1.165, 1.54) is 0 Å². The first-order chi connectivity index (χ1) is 8.39. The predicted molar refractivity (Wildman–Crippen MR) is 74.1 cm³/mol. The van der Waals surface area contributed by atoms with Crippen LogP contribution in [0.4, 0.5) is 5.69 Å². The van der Waals surface area contributed by atoms with Crippen molar-refractivity contribution < 1.29 is 9.90 Å². The van der Waals surface area contributed by atoms with Gasteiger partial charge in [0.15, 0.2) is 0 Å². The first kappa shape index (κ1) is 14.5. The first-order valence-electron chi connectivity index (χ1n) is 6.13. The SMILES string of the molecule is CCNC(C)(CC(=O)O)c1ccc(N(C)C)cc1. The summed E-state index contributed by atoms with van der Waals surface area (Å²) in [5.74, 6) is -0.796. The minimum atomic E-state index is -0.796. The molecule has 1 aromatic carbocycles. The zero-order chi connectivity index (χ0) is 13.8. The van der Waals surface area contributed by atoms with Crippen molar-refractivity contribution >= 4 is 11.7 Å². The lowest BCUT2D eigenvalue weighted by Crippen LogP contribution is -2.41. The van der Waals surface area contributed by atoms with Crippen molar-refractivity contribution in [2.24, 2.45) is 0 Å². The van der Waals surface area contributed by atoms with Crippen LogP contribution < -0.4 is 10.2 Å². The van der Waals surface area contributed by atoms with E-state index < -0.39 is 11.5 Å². The first-order valence-corrected chi connectivity index (χ1v) is 6.13. The van der Waals surface area contributed by atoms with E-state index in [-0.39, 0.29) is 6.42 Å². The van der Waals surface area contributed by atoms with Crippen LogP contribution in [-0.4, -0.2) is 31.7 Å². The highest BCUT2D eigenvalue weighted by Gasteiger charge is 2.28. The molecule has 1 atom stereocenters. The Bertz CT molecular complexity index is 401. The maximum Gasteiger partial charge on any atom is 0.305 e. The van der Waals surface area contributed by atoms with E-state index >= 15 is 0 Å². The normalized spacial score (nSPS) is 14.0. The number of carboxylic acid groups (broad SMARTS) is 1. The Morgan fingerprint density at radius 1 is 1.33 bits per heavy atom. The predicted octanol–water partition coefficient (Wildman–Crippen LogP) is 2.05. The zero-order valence-corrected chi connectivity index (χ0v) is 11.5. The topological polar surface area (TPSA) is 52.6 Å². The van der Waals surface area contributed by atoms with Crippen LogP contribution >= 0.6 is 0 Å². The van der Waals surface area contributed by atoms with Crippen molar-refractivity contribution in [1.82, 2.24) is 5.32 Å². The number of carboxylic acids is 1. The third kappa shape index (κ3) is 3.47. The number of anilines is 1. The van der Waals surface area contributed by atoms with Gasteiger partial charge in [0.05, 0.1) is 12.0 Å². The fraction of sp³-hybridized carbons (Fsp3) is 0.500. The molecule has 0 aliphatic carbocycles. The van der Waals surface area contributed by atoms with Gasteiger partial charge in [-0.25, -0.2) is 0 Å². The fourth-order valence-corrected chi connectivity index (χ4v) is 2.09. The van der Waals surface area contributed by atoms with E-state index in [1.54, 1.807) is 0 Å². The summed E-state index contributed by atoms with van der Waals surface area (Å²) in [4.78, 5) is 13.0. The second-order valence-corrected chi connectivity index (χ2v) is 4.87. The molecule has 0 saturated carbocycles. The smallest absolute Gasteiger partial charge is 0.305 e. The summed E-state index contributed by atoms with van der Waals surface area (Å²) in [7, 11) is 3.96. The highest BCUT2D eigenvalue weighted by atomic mass is 16.4. The lowest BCUT2D eigenvalue weighted by molar-refractivity contribution is -0.138. The van der Waals surface area contributed by atoms with Crippen LogP contribution in [-0.2, 0) is 10.3 Å². The summed E-state index contributed by atoms with van der Waals surface area (Å²) in [6.07, 6.45) is 0.0716. The number of benzene rings is 1. The van der Waals surface area contributed by atoms with Crippen molar-refractivity contribution in [2.45, 2.75) is 25.8 Å². The molecule has 0 aromatic heterocycles. The molecule has 0 spiro atoms. The maximum atomic E-state index is 11.0. The van der Waals surface area contributed by atoms with Gasteiger partial charge < -0.3 is 15.3 Å². The highest BCUT2D eigenvalue weighted by Crippen LogP contribution is 2.26. The molecule has 18 heavy (non-hydrogen) atoms. The summed E-state index contributed by atoms with van der Waals surface area (Å²) in [5, 5.41) is 12.3. The molecule has 0 bridgehead atoms. The third-order valence-corrected chi connectivity index (χ3v) is 3.09. The van der Waals surface area contributed by atoms with Gasteiger partial charge in [0, 0.05) is 19.8 Å². The van der Waals surface area contributed by atoms with E-state index in [0.29, 0.717) is 0 Å². The molecule has 1 rings (SSSR count). The minimum absolute atomic E-state index is 0.0716. The Balaban J connectivity index is 3.02.